The number of nitrogens with zero attached hydrogens (tertiary/aromatic N) is 2. The van der Waals surface area contributed by atoms with Gasteiger partial charge in [-0.05, 0) is 25.1 Å². The van der Waals surface area contributed by atoms with E-state index in [1.165, 1.54) is 17.7 Å². The first-order valence-corrected chi connectivity index (χ1v) is 8.95. The maximum Gasteiger partial charge on any atom is 0.341 e. The molecule has 0 spiro atoms. The second-order valence-corrected chi connectivity index (χ2v) is 6.45. The molecule has 0 saturated carbocycles. The predicted molar refractivity (Wildman–Crippen MR) is 110 cm³/mol. The van der Waals surface area contributed by atoms with Gasteiger partial charge in [0.2, 0.25) is 0 Å². The largest absolute Gasteiger partial charge is 0.479 e. The topological polar surface area (TPSA) is 81.4 Å². The number of carboxylic acids is 1. The van der Waals surface area contributed by atoms with Crippen LogP contribution in [0.3, 0.4) is 0 Å². The average Bonchev–Trinajstić information content (AvgIpc) is 3.03. The van der Waals surface area contributed by atoms with E-state index < -0.39 is 12.6 Å². The van der Waals surface area contributed by atoms with Gasteiger partial charge >= 0.3 is 5.97 Å². The number of aromatic nitrogens is 2. The van der Waals surface area contributed by atoms with E-state index in [1.54, 1.807) is 43.3 Å². The fourth-order valence-electron chi connectivity index (χ4n) is 2.45. The molecular weight excluding hydrogens is 403 g/mol. The van der Waals surface area contributed by atoms with E-state index in [-0.39, 0.29) is 17.2 Å². The van der Waals surface area contributed by atoms with Crippen LogP contribution >= 0.6 is 23.2 Å². The van der Waals surface area contributed by atoms with Crippen molar-refractivity contribution in [1.82, 2.24) is 9.78 Å². The average molecular weight is 421 g/mol. The first-order valence-electron chi connectivity index (χ1n) is 8.19. The van der Waals surface area contributed by atoms with Gasteiger partial charge in [-0.25, -0.2) is 9.48 Å². The van der Waals surface area contributed by atoms with E-state index in [1.807, 2.05) is 0 Å². The number of benzene rings is 1. The van der Waals surface area contributed by atoms with Crippen molar-refractivity contribution < 1.29 is 19.4 Å². The van der Waals surface area contributed by atoms with E-state index in [0.29, 0.717) is 27.0 Å². The molecule has 0 saturated heterocycles. The Morgan fingerprint density at radius 2 is 1.96 bits per heavy atom. The third-order valence-electron chi connectivity index (χ3n) is 3.64. The number of Topliss-reactive ketones (excluding diaryl/α,β-unsaturated/α-hetero) is 1. The molecule has 0 radical (unpaired) electrons. The van der Waals surface area contributed by atoms with Crippen molar-refractivity contribution in [2.45, 2.75) is 13.8 Å². The van der Waals surface area contributed by atoms with Gasteiger partial charge in [-0.3, -0.25) is 4.79 Å². The molecule has 0 aliphatic heterocycles. The molecule has 0 bridgehead atoms. The molecule has 2 rings (SSSR count). The van der Waals surface area contributed by atoms with Crippen molar-refractivity contribution in [2.24, 2.45) is 0 Å². The lowest BCUT2D eigenvalue weighted by atomic mass is 10.1. The van der Waals surface area contributed by atoms with Crippen molar-refractivity contribution >= 4 is 40.7 Å². The van der Waals surface area contributed by atoms with Crippen LogP contribution < -0.4 is 4.74 Å². The van der Waals surface area contributed by atoms with Crippen LogP contribution in [0.4, 0.5) is 0 Å². The van der Waals surface area contributed by atoms with Crippen LogP contribution in [0.15, 0.2) is 54.1 Å². The molecule has 146 valence electrons. The minimum absolute atomic E-state index is 0.0123. The Balaban J connectivity index is 2.86. The molecule has 0 unspecified atom stereocenters. The summed E-state index contributed by atoms with van der Waals surface area (Å²) >= 11 is 12.3. The van der Waals surface area contributed by atoms with Crippen LogP contribution in [0.5, 0.6) is 5.75 Å². The van der Waals surface area contributed by atoms with Crippen molar-refractivity contribution in [3.63, 3.8) is 0 Å². The van der Waals surface area contributed by atoms with E-state index >= 15 is 0 Å². The zero-order chi connectivity index (χ0) is 20.8. The van der Waals surface area contributed by atoms with Gasteiger partial charge in [-0.15, -0.1) is 0 Å². The number of hydrogen-bond donors (Lipinski definition) is 1. The third-order valence-corrected chi connectivity index (χ3v) is 4.30. The highest BCUT2D eigenvalue weighted by Crippen LogP contribution is 2.38. The van der Waals surface area contributed by atoms with Gasteiger partial charge in [-0.2, -0.15) is 5.10 Å². The SMILES string of the molecule is C=C/C=C(\C(Cl)=C/C)n1nc(C(C)=O)c(OCC(=O)O)c1-c1ccc(Cl)cc1. The number of aliphatic carboxylic acids is 1. The van der Waals surface area contributed by atoms with Crippen LogP contribution in [0, 0.1) is 0 Å². The molecule has 2 aromatic rings. The standard InChI is InChI=1S/C20H18Cl2N2O4/c1-4-6-16(15(22)5-2)24-19(13-7-9-14(21)10-8-13)20(28-11-17(26)27)18(23-24)12(3)25/h4-10H,1,11H2,2-3H3,(H,26,27)/b15-5+,16-6+. The van der Waals surface area contributed by atoms with Crippen LogP contribution in [0.25, 0.3) is 17.0 Å². The number of carboxylic acid groups (broad SMARTS) is 1. The predicted octanol–water partition coefficient (Wildman–Crippen LogP) is 5.04. The van der Waals surface area contributed by atoms with Crippen LogP contribution in [-0.2, 0) is 4.79 Å². The van der Waals surface area contributed by atoms with Gasteiger partial charge in [-0.1, -0.05) is 54.1 Å². The number of hydrogen-bond acceptors (Lipinski definition) is 4. The summed E-state index contributed by atoms with van der Waals surface area (Å²) in [7, 11) is 0. The molecule has 0 aliphatic rings. The maximum atomic E-state index is 12.2. The van der Waals surface area contributed by atoms with E-state index in [9.17, 15) is 9.59 Å². The van der Waals surface area contributed by atoms with Crippen molar-refractivity contribution in [2.75, 3.05) is 6.61 Å². The van der Waals surface area contributed by atoms with Gasteiger partial charge in [0.25, 0.3) is 0 Å². The van der Waals surface area contributed by atoms with Crippen molar-refractivity contribution in [1.29, 1.82) is 0 Å². The lowest BCUT2D eigenvalue weighted by Gasteiger charge is -2.12. The highest BCUT2D eigenvalue weighted by Gasteiger charge is 2.26. The molecule has 0 fully saturated rings. The third kappa shape index (κ3) is 4.71. The Labute approximate surface area is 172 Å². The first-order chi connectivity index (χ1) is 13.3. The quantitative estimate of drug-likeness (QED) is 0.477. The van der Waals surface area contributed by atoms with Crippen molar-refractivity contribution in [3.05, 3.63) is 64.8 Å². The normalized spacial score (nSPS) is 12.0. The molecule has 1 heterocycles. The van der Waals surface area contributed by atoms with E-state index in [4.69, 9.17) is 33.0 Å². The summed E-state index contributed by atoms with van der Waals surface area (Å²) in [5, 5.41) is 14.2. The minimum Gasteiger partial charge on any atom is -0.479 e. The van der Waals surface area contributed by atoms with Crippen LogP contribution in [-0.4, -0.2) is 33.2 Å². The molecule has 0 atom stereocenters. The fourth-order valence-corrected chi connectivity index (χ4v) is 2.72. The van der Waals surface area contributed by atoms with E-state index in [0.717, 1.165) is 0 Å². The lowest BCUT2D eigenvalue weighted by Crippen LogP contribution is -2.11. The molecule has 6 nitrogen and oxygen atoms in total. The molecular formula is C20H18Cl2N2O4. The molecule has 0 amide bonds. The highest BCUT2D eigenvalue weighted by atomic mass is 35.5. The summed E-state index contributed by atoms with van der Waals surface area (Å²) in [5.41, 5.74) is 1.41. The molecule has 8 heteroatoms. The number of carbonyl (C=O) groups excluding carboxylic acids is 1. The Hall–Kier alpha value is -2.83. The van der Waals surface area contributed by atoms with E-state index in [2.05, 4.69) is 11.7 Å². The Bertz CT molecular complexity index is 973. The number of halogens is 2. The fraction of sp³-hybridized carbons (Fsp3) is 0.150. The second-order valence-electron chi connectivity index (χ2n) is 5.61. The number of rotatable bonds is 8. The summed E-state index contributed by atoms with van der Waals surface area (Å²) in [6.07, 6.45) is 4.81. The lowest BCUT2D eigenvalue weighted by molar-refractivity contribution is -0.139. The molecule has 1 aromatic carbocycles. The van der Waals surface area contributed by atoms with Gasteiger partial charge in [0, 0.05) is 17.5 Å². The van der Waals surface area contributed by atoms with Crippen LogP contribution in [0.1, 0.15) is 24.3 Å². The summed E-state index contributed by atoms with van der Waals surface area (Å²) in [6, 6.07) is 6.75. The molecule has 1 aromatic heterocycles. The van der Waals surface area contributed by atoms with Gasteiger partial charge in [0.15, 0.2) is 23.8 Å². The highest BCUT2D eigenvalue weighted by molar-refractivity contribution is 6.35. The van der Waals surface area contributed by atoms with Gasteiger partial charge in [0.1, 0.15) is 5.69 Å². The summed E-state index contributed by atoms with van der Waals surface area (Å²) in [6.45, 7) is 6.12. The first kappa shape index (κ1) is 21.5. The number of carbonyl (C=O) groups is 2. The summed E-state index contributed by atoms with van der Waals surface area (Å²) in [4.78, 5) is 23.2. The van der Waals surface area contributed by atoms with Gasteiger partial charge in [0.05, 0.1) is 10.7 Å². The van der Waals surface area contributed by atoms with Gasteiger partial charge < -0.3 is 9.84 Å². The number of ketones is 1. The number of ether oxygens (including phenoxy) is 1. The zero-order valence-corrected chi connectivity index (χ0v) is 16.8. The summed E-state index contributed by atoms with van der Waals surface area (Å²) < 4.78 is 6.88. The second kappa shape index (κ2) is 9.39. The maximum absolute atomic E-state index is 12.2. The minimum atomic E-state index is -1.18. The molecule has 28 heavy (non-hydrogen) atoms. The molecule has 1 N–H and O–H groups in total. The van der Waals surface area contributed by atoms with Crippen molar-refractivity contribution in [3.8, 4) is 17.0 Å². The zero-order valence-electron chi connectivity index (χ0n) is 15.3. The summed E-state index contributed by atoms with van der Waals surface area (Å²) in [5.74, 6) is -1.52. The monoisotopic (exact) mass is 420 g/mol. The Morgan fingerprint density at radius 3 is 2.46 bits per heavy atom. The Morgan fingerprint density at radius 1 is 1.32 bits per heavy atom. The Kier molecular flexibility index (Phi) is 7.20. The molecule has 0 aliphatic carbocycles. The van der Waals surface area contributed by atoms with Crippen LogP contribution in [0.2, 0.25) is 5.02 Å². The number of allylic oxidation sites excluding steroid dienone is 5. The smallest absolute Gasteiger partial charge is 0.341 e.